The Bertz CT molecular complexity index is 2920. The van der Waals surface area contributed by atoms with Gasteiger partial charge in [0.2, 0.25) is 5.91 Å². The number of amides is 2. The van der Waals surface area contributed by atoms with Gasteiger partial charge >= 0.3 is 36.0 Å². The van der Waals surface area contributed by atoms with Gasteiger partial charge in [-0.25, -0.2) is 24.2 Å². The summed E-state index contributed by atoms with van der Waals surface area (Å²) < 4.78 is 35.7. The number of hydrogen-bond acceptors (Lipinski definition) is 10. The van der Waals surface area contributed by atoms with Crippen molar-refractivity contribution >= 4 is 109 Å². The third kappa shape index (κ3) is 21.0. The highest BCUT2D eigenvalue weighted by Gasteiger charge is 2.36. The monoisotopic (exact) mass is 1070 g/mol. The van der Waals surface area contributed by atoms with Crippen LogP contribution in [0.4, 0.5) is 24.5 Å². The number of nitrogens with zero attached hydrogens (tertiary/aromatic N) is 1. The third-order valence-electron chi connectivity index (χ3n) is 9.96. The average Bonchev–Trinajstić information content (AvgIpc) is 3.93. The molecule has 0 spiro atoms. The van der Waals surface area contributed by atoms with Crippen molar-refractivity contribution in [2.75, 3.05) is 16.4 Å². The summed E-state index contributed by atoms with van der Waals surface area (Å²) in [6, 6.07) is 25.6. The smallest absolute Gasteiger partial charge is 0.422 e. The highest BCUT2D eigenvalue weighted by atomic mass is 35.5. The number of benzene rings is 4. The van der Waals surface area contributed by atoms with Crippen molar-refractivity contribution in [3.8, 4) is 0 Å². The summed E-state index contributed by atoms with van der Waals surface area (Å²) in [6.45, 7) is 4.54. The lowest BCUT2D eigenvalue weighted by atomic mass is 10.0. The number of aromatic amines is 1. The van der Waals surface area contributed by atoms with Gasteiger partial charge in [-0.3, -0.25) is 14.4 Å². The van der Waals surface area contributed by atoms with E-state index in [4.69, 9.17) is 37.1 Å². The number of aliphatic carboxylic acids is 3. The molecule has 0 aliphatic heterocycles. The van der Waals surface area contributed by atoms with Gasteiger partial charge in [-0.2, -0.15) is 13.2 Å². The maximum Gasteiger partial charge on any atom is 0.422 e. The van der Waals surface area contributed by atoms with Gasteiger partial charge in [-0.1, -0.05) is 118 Å². The number of unbranched alkanes of at least 4 members (excludes halogenated alkanes) is 6. The second kappa shape index (κ2) is 30.4. The number of H-pyrrole nitrogens is 1. The van der Waals surface area contributed by atoms with Crippen LogP contribution in [-0.2, 0) is 25.6 Å². The van der Waals surface area contributed by atoms with E-state index in [1.54, 1.807) is 65.6 Å². The number of alkyl halides is 3. The van der Waals surface area contributed by atoms with Gasteiger partial charge < -0.3 is 41.2 Å². The molecule has 6 aromatic rings. The Morgan fingerprint density at radius 3 is 2.00 bits per heavy atom. The molecule has 2 aromatic heterocycles. The Balaban J connectivity index is 0.000000272. The van der Waals surface area contributed by atoms with E-state index in [2.05, 4.69) is 34.1 Å². The number of aryl methyl sites for hydroxylation is 1. The Morgan fingerprint density at radius 2 is 1.40 bits per heavy atom. The minimum Gasteiger partial charge on any atom is -0.481 e. The molecule has 8 N–H and O–H groups in total. The zero-order chi connectivity index (χ0) is 54.1. The summed E-state index contributed by atoms with van der Waals surface area (Å²) in [5.41, 5.74) is 1.89. The number of nitrogens with one attached hydrogen (secondary N) is 3. The van der Waals surface area contributed by atoms with Gasteiger partial charge in [0.05, 0.1) is 32.1 Å². The molecule has 0 radical (unpaired) electrons. The van der Waals surface area contributed by atoms with Crippen molar-refractivity contribution < 1.29 is 72.3 Å². The molecule has 0 bridgehead atoms. The standard InChI is InChI=1S/C20H26N2O3S2.C14H10ClNO3.C13H13NO4.C4H3F3O2/c1-2-3-4-5-6-7-8-13-26-20-22-16-10-9-15(14-17(16)27-20)21-18(23)11-12-19(24)25;15-11-7-3-4-8-12(11)16-13(17)9-5-1-2-6-10(9)14(18)19;15-11(16)7-3-5-9-8-4-1-2-6-10(8)14-12(9)13(17)18;1-2(3(8)9)4(5,6)7/h9-12,14H,2-8,13H2,1H3,(H,21,23)(H,24,25);1-8H,(H,16,17)(H,18,19);1-2,4,6,14H,3,5,7H2,(H,15,16)(H,17,18);1H2,(H,8,9). The van der Waals surface area contributed by atoms with Crippen LogP contribution in [0.2, 0.25) is 5.02 Å². The molecule has 0 saturated carbocycles. The topological polar surface area (TPSA) is 273 Å². The van der Waals surface area contributed by atoms with Crippen molar-refractivity contribution in [3.63, 3.8) is 0 Å². The summed E-state index contributed by atoms with van der Waals surface area (Å²) in [6.07, 6.45) is 7.06. The highest BCUT2D eigenvalue weighted by molar-refractivity contribution is 8.01. The lowest BCUT2D eigenvalue weighted by Crippen LogP contribution is -2.18. The number of carboxylic acid groups (broad SMARTS) is 5. The van der Waals surface area contributed by atoms with Crippen molar-refractivity contribution in [1.29, 1.82) is 0 Å². The van der Waals surface area contributed by atoms with E-state index in [-0.39, 0.29) is 23.2 Å². The SMILES string of the molecule is C=C(C(=O)O)C(F)(F)F.CCCCCCCCCSc1nc2ccc(NC(=O)C=CC(=O)O)cc2s1.O=C(O)CCCc1c(C(=O)O)[nH]c2ccccc12.O=C(O)c1ccccc1C(=O)Nc1ccccc1Cl. The number of fused-ring (bicyclic) bond motifs is 2. The van der Waals surface area contributed by atoms with Crippen LogP contribution in [0.25, 0.3) is 21.1 Å². The zero-order valence-corrected chi connectivity index (χ0v) is 41.6. The highest BCUT2D eigenvalue weighted by Crippen LogP contribution is 2.32. The number of anilines is 2. The van der Waals surface area contributed by atoms with Crippen molar-refractivity contribution in [2.45, 2.75) is 81.6 Å². The summed E-state index contributed by atoms with van der Waals surface area (Å²) >= 11 is 9.34. The number of thioether (sulfide) groups is 1. The zero-order valence-electron chi connectivity index (χ0n) is 39.2. The number of aromatic nitrogens is 2. The van der Waals surface area contributed by atoms with E-state index in [9.17, 15) is 46.7 Å². The molecule has 2 heterocycles. The molecule has 0 saturated heterocycles. The average molecular weight is 1070 g/mol. The van der Waals surface area contributed by atoms with E-state index in [0.717, 1.165) is 43.4 Å². The van der Waals surface area contributed by atoms with Crippen molar-refractivity contribution in [3.05, 3.63) is 143 Å². The van der Waals surface area contributed by atoms with Crippen LogP contribution in [0.3, 0.4) is 0 Å². The first-order chi connectivity index (χ1) is 34.6. The second-order valence-corrected chi connectivity index (χ2v) is 18.2. The number of rotatable bonds is 21. The van der Waals surface area contributed by atoms with Crippen molar-refractivity contribution in [2.24, 2.45) is 0 Å². The van der Waals surface area contributed by atoms with Crippen molar-refractivity contribution in [1.82, 2.24) is 9.97 Å². The van der Waals surface area contributed by atoms with E-state index in [0.29, 0.717) is 34.8 Å². The quantitative estimate of drug-likeness (QED) is 0.0189. The molecular formula is C51H52ClF3N4O12S2. The van der Waals surface area contributed by atoms with Gasteiger partial charge in [-0.15, -0.1) is 11.3 Å². The first-order valence-electron chi connectivity index (χ1n) is 22.3. The van der Waals surface area contributed by atoms with E-state index < -0.39 is 53.4 Å². The number of thiazole rings is 1. The maximum absolute atomic E-state index is 12.1. The number of aromatic carboxylic acids is 2. The molecule has 388 valence electrons. The summed E-state index contributed by atoms with van der Waals surface area (Å²) in [4.78, 5) is 83.8. The number of para-hydroxylation sites is 2. The molecule has 2 amide bonds. The number of halogens is 4. The van der Waals surface area contributed by atoms with Gasteiger partial charge in [0, 0.05) is 40.9 Å². The summed E-state index contributed by atoms with van der Waals surface area (Å²) in [5.74, 6) is -6.11. The number of carbonyl (C=O) groups excluding carboxylic acids is 2. The van der Waals surface area contributed by atoms with Crippen LogP contribution in [0.5, 0.6) is 0 Å². The fraction of sp³-hybridized carbons (Fsp3) is 0.255. The number of carbonyl (C=O) groups is 7. The molecule has 73 heavy (non-hydrogen) atoms. The predicted molar refractivity (Wildman–Crippen MR) is 275 cm³/mol. The van der Waals surface area contributed by atoms with Crippen LogP contribution in [0, 0.1) is 0 Å². The Hall–Kier alpha value is -7.49. The lowest BCUT2D eigenvalue weighted by Gasteiger charge is -2.08. The fourth-order valence-electron chi connectivity index (χ4n) is 6.39. The first-order valence-corrected chi connectivity index (χ1v) is 24.5. The van der Waals surface area contributed by atoms with Crippen LogP contribution in [-0.4, -0.2) is 89.1 Å². The van der Waals surface area contributed by atoms with Gasteiger partial charge in [0.1, 0.15) is 11.3 Å². The third-order valence-corrected chi connectivity index (χ3v) is 12.5. The number of hydrogen-bond donors (Lipinski definition) is 8. The van der Waals surface area contributed by atoms with Crippen LogP contribution < -0.4 is 10.6 Å². The summed E-state index contributed by atoms with van der Waals surface area (Å²) in [5, 5.41) is 49.5. The molecule has 6 rings (SSSR count). The molecular weight excluding hydrogens is 1020 g/mol. The lowest BCUT2D eigenvalue weighted by molar-refractivity contribution is -0.145. The van der Waals surface area contributed by atoms with E-state index in [1.807, 2.05) is 36.4 Å². The molecule has 0 aliphatic carbocycles. The molecule has 0 atom stereocenters. The van der Waals surface area contributed by atoms with Gasteiger partial charge in [-0.05, 0) is 73.4 Å². The minimum absolute atomic E-state index is 0.0402. The second-order valence-electron chi connectivity index (χ2n) is 15.4. The first kappa shape index (κ1) is 59.8. The normalized spacial score (nSPS) is 10.8. The molecule has 0 fully saturated rings. The molecule has 16 nitrogen and oxygen atoms in total. The van der Waals surface area contributed by atoms with Crippen LogP contribution in [0.15, 0.2) is 120 Å². The molecule has 4 aromatic carbocycles. The van der Waals surface area contributed by atoms with E-state index in [1.165, 1.54) is 57.1 Å². The fourth-order valence-corrected chi connectivity index (χ4v) is 8.75. The molecule has 0 unspecified atom stereocenters. The van der Waals surface area contributed by atoms with Gasteiger partial charge in [0.25, 0.3) is 5.91 Å². The predicted octanol–water partition coefficient (Wildman–Crippen LogP) is 12.5. The number of carboxylic acids is 5. The van der Waals surface area contributed by atoms with E-state index >= 15 is 0 Å². The molecule has 22 heteroatoms. The van der Waals surface area contributed by atoms with Crippen LogP contribution >= 0.6 is 34.7 Å². The summed E-state index contributed by atoms with van der Waals surface area (Å²) in [7, 11) is 0. The Morgan fingerprint density at radius 1 is 0.767 bits per heavy atom. The van der Waals surface area contributed by atoms with Crippen LogP contribution in [0.1, 0.15) is 101 Å². The largest absolute Gasteiger partial charge is 0.481 e. The molecule has 0 aliphatic rings. The van der Waals surface area contributed by atoms with Gasteiger partial charge in [0.15, 0.2) is 4.34 Å². The maximum atomic E-state index is 12.1. The Labute approximate surface area is 430 Å². The minimum atomic E-state index is -4.81. The Kier molecular flexibility index (Phi) is 24.9.